The second-order valence-electron chi connectivity index (χ2n) is 5.72. The van der Waals surface area contributed by atoms with Crippen molar-refractivity contribution in [2.75, 3.05) is 5.32 Å². The summed E-state index contributed by atoms with van der Waals surface area (Å²) in [5, 5.41) is 14.6. The van der Waals surface area contributed by atoms with Crippen molar-refractivity contribution in [3.8, 4) is 11.4 Å². The van der Waals surface area contributed by atoms with Crippen molar-refractivity contribution in [3.63, 3.8) is 0 Å². The normalized spacial score (nSPS) is 13.7. The van der Waals surface area contributed by atoms with Gasteiger partial charge in [-0.1, -0.05) is 6.07 Å². The van der Waals surface area contributed by atoms with Gasteiger partial charge in [-0.25, -0.2) is 9.07 Å². The van der Waals surface area contributed by atoms with E-state index in [-0.39, 0.29) is 11.5 Å². The molecule has 120 valence electrons. The largest absolute Gasteiger partial charge is 0.322 e. The summed E-state index contributed by atoms with van der Waals surface area (Å²) in [6.07, 6.45) is 2.19. The van der Waals surface area contributed by atoms with E-state index in [0.29, 0.717) is 11.7 Å². The fraction of sp³-hybridized carbons (Fsp3) is 0.176. The molecule has 0 spiro atoms. The first-order chi connectivity index (χ1) is 11.7. The van der Waals surface area contributed by atoms with Crippen LogP contribution >= 0.6 is 0 Å². The van der Waals surface area contributed by atoms with Gasteiger partial charge in [-0.3, -0.25) is 4.79 Å². The molecule has 0 atom stereocenters. The van der Waals surface area contributed by atoms with Gasteiger partial charge in [-0.15, -0.1) is 5.10 Å². The highest BCUT2D eigenvalue weighted by atomic mass is 19.1. The van der Waals surface area contributed by atoms with E-state index in [1.807, 2.05) is 16.8 Å². The Morgan fingerprint density at radius 1 is 1.17 bits per heavy atom. The zero-order chi connectivity index (χ0) is 16.5. The van der Waals surface area contributed by atoms with Gasteiger partial charge >= 0.3 is 0 Å². The fourth-order valence-electron chi connectivity index (χ4n) is 2.48. The zero-order valence-electron chi connectivity index (χ0n) is 12.7. The highest BCUT2D eigenvalue weighted by Crippen LogP contribution is 2.36. The molecule has 0 aliphatic heterocycles. The van der Waals surface area contributed by atoms with Crippen molar-refractivity contribution < 1.29 is 9.18 Å². The maximum atomic E-state index is 13.2. The van der Waals surface area contributed by atoms with Gasteiger partial charge in [0.25, 0.3) is 5.91 Å². The molecule has 1 aliphatic carbocycles. The number of carbonyl (C=O) groups excluding carboxylic acids is 1. The number of aromatic nitrogens is 4. The first kappa shape index (κ1) is 14.5. The van der Waals surface area contributed by atoms with Gasteiger partial charge in [-0.2, -0.15) is 0 Å². The van der Waals surface area contributed by atoms with Crippen molar-refractivity contribution in [3.05, 3.63) is 59.9 Å². The summed E-state index contributed by atoms with van der Waals surface area (Å²) in [5.74, 6) is -0.0736. The van der Waals surface area contributed by atoms with Crippen LogP contribution in [0.25, 0.3) is 11.4 Å². The molecule has 7 heteroatoms. The second kappa shape index (κ2) is 5.84. The van der Waals surface area contributed by atoms with Crippen LogP contribution in [0.2, 0.25) is 0 Å². The van der Waals surface area contributed by atoms with Crippen molar-refractivity contribution in [1.29, 1.82) is 0 Å². The molecule has 1 N–H and O–H groups in total. The van der Waals surface area contributed by atoms with E-state index < -0.39 is 5.82 Å². The molecule has 0 saturated heterocycles. The van der Waals surface area contributed by atoms with Crippen LogP contribution in [0.3, 0.4) is 0 Å². The lowest BCUT2D eigenvalue weighted by molar-refractivity contribution is 0.102. The number of rotatable bonds is 4. The molecule has 1 heterocycles. The summed E-state index contributed by atoms with van der Waals surface area (Å²) < 4.78 is 15.0. The monoisotopic (exact) mass is 323 g/mol. The average Bonchev–Trinajstić information content (AvgIpc) is 3.32. The number of carbonyl (C=O) groups is 1. The number of nitrogens with one attached hydrogen (secondary N) is 1. The van der Waals surface area contributed by atoms with Crippen LogP contribution in [0.15, 0.2) is 48.5 Å². The van der Waals surface area contributed by atoms with Gasteiger partial charge in [0.1, 0.15) is 5.82 Å². The number of anilines is 1. The van der Waals surface area contributed by atoms with E-state index in [4.69, 9.17) is 0 Å². The summed E-state index contributed by atoms with van der Waals surface area (Å²) in [6.45, 7) is 0. The lowest BCUT2D eigenvalue weighted by Gasteiger charge is -2.07. The third-order valence-corrected chi connectivity index (χ3v) is 3.87. The molecule has 6 nitrogen and oxygen atoms in total. The molecule has 1 aliphatic rings. The molecule has 1 fully saturated rings. The Balaban J connectivity index is 1.51. The molecule has 4 rings (SSSR count). The Morgan fingerprint density at radius 3 is 2.67 bits per heavy atom. The first-order valence-corrected chi connectivity index (χ1v) is 7.66. The van der Waals surface area contributed by atoms with Gasteiger partial charge < -0.3 is 5.32 Å². The third kappa shape index (κ3) is 2.88. The average molecular weight is 323 g/mol. The topological polar surface area (TPSA) is 72.7 Å². The van der Waals surface area contributed by atoms with E-state index >= 15 is 0 Å². The van der Waals surface area contributed by atoms with E-state index in [1.54, 1.807) is 18.2 Å². The molecular weight excluding hydrogens is 309 g/mol. The molecular formula is C17H14FN5O. The Morgan fingerprint density at radius 2 is 1.96 bits per heavy atom. The predicted octanol–water partition coefficient (Wildman–Crippen LogP) is 3.07. The Labute approximate surface area is 137 Å². The van der Waals surface area contributed by atoms with E-state index in [2.05, 4.69) is 20.8 Å². The van der Waals surface area contributed by atoms with Gasteiger partial charge in [0.05, 0.1) is 6.04 Å². The van der Waals surface area contributed by atoms with Gasteiger partial charge in [-0.05, 0) is 65.7 Å². The Bertz CT molecular complexity index is 886. The van der Waals surface area contributed by atoms with Gasteiger partial charge in [0.15, 0.2) is 5.82 Å². The SMILES string of the molecule is O=C(Nc1ccc(-c2nnnn2C2CC2)cc1)c1cccc(F)c1. The number of hydrogen-bond acceptors (Lipinski definition) is 4. The molecule has 24 heavy (non-hydrogen) atoms. The molecule has 0 unspecified atom stereocenters. The lowest BCUT2D eigenvalue weighted by atomic mass is 10.1. The number of halogens is 1. The van der Waals surface area contributed by atoms with Crippen molar-refractivity contribution in [2.45, 2.75) is 18.9 Å². The second-order valence-corrected chi connectivity index (χ2v) is 5.72. The number of hydrogen-bond donors (Lipinski definition) is 1. The zero-order valence-corrected chi connectivity index (χ0v) is 12.7. The summed E-state index contributed by atoms with van der Waals surface area (Å²) in [5.41, 5.74) is 1.78. The van der Waals surface area contributed by atoms with E-state index in [9.17, 15) is 9.18 Å². The predicted molar refractivity (Wildman–Crippen MR) is 85.9 cm³/mol. The first-order valence-electron chi connectivity index (χ1n) is 7.66. The van der Waals surface area contributed by atoms with Crippen LogP contribution in [-0.4, -0.2) is 26.1 Å². The molecule has 1 saturated carbocycles. The minimum absolute atomic E-state index is 0.275. The highest BCUT2D eigenvalue weighted by molar-refractivity contribution is 6.04. The van der Waals surface area contributed by atoms with Crippen LogP contribution in [0.5, 0.6) is 0 Å². The standard InChI is InChI=1S/C17H14FN5O/c18-13-3-1-2-12(10-13)17(24)19-14-6-4-11(5-7-14)16-20-21-22-23(16)15-8-9-15/h1-7,10,15H,8-9H2,(H,19,24). The minimum atomic E-state index is -0.440. The quantitative estimate of drug-likeness (QED) is 0.801. The van der Waals surface area contributed by atoms with Crippen molar-refractivity contribution in [1.82, 2.24) is 20.2 Å². The Kier molecular flexibility index (Phi) is 3.53. The van der Waals surface area contributed by atoms with Crippen LogP contribution in [0.1, 0.15) is 29.2 Å². The molecule has 0 radical (unpaired) electrons. The smallest absolute Gasteiger partial charge is 0.255 e. The summed E-state index contributed by atoms with van der Waals surface area (Å²) in [7, 11) is 0. The van der Waals surface area contributed by atoms with Crippen LogP contribution < -0.4 is 5.32 Å². The number of nitrogens with zero attached hydrogens (tertiary/aromatic N) is 4. The van der Waals surface area contributed by atoms with Crippen molar-refractivity contribution in [2.24, 2.45) is 0 Å². The Hall–Kier alpha value is -3.09. The fourth-order valence-corrected chi connectivity index (χ4v) is 2.48. The van der Waals surface area contributed by atoms with Crippen LogP contribution in [0.4, 0.5) is 10.1 Å². The molecule has 0 bridgehead atoms. The lowest BCUT2D eigenvalue weighted by Crippen LogP contribution is -2.11. The maximum Gasteiger partial charge on any atom is 0.255 e. The molecule has 1 aromatic heterocycles. The third-order valence-electron chi connectivity index (χ3n) is 3.87. The minimum Gasteiger partial charge on any atom is -0.322 e. The number of amides is 1. The van der Waals surface area contributed by atoms with Crippen molar-refractivity contribution >= 4 is 11.6 Å². The van der Waals surface area contributed by atoms with Crippen LogP contribution in [-0.2, 0) is 0 Å². The highest BCUT2D eigenvalue weighted by Gasteiger charge is 2.28. The van der Waals surface area contributed by atoms with E-state index in [0.717, 1.165) is 24.2 Å². The van der Waals surface area contributed by atoms with Crippen LogP contribution in [0, 0.1) is 5.82 Å². The molecule has 1 amide bonds. The summed E-state index contributed by atoms with van der Waals surface area (Å²) in [4.78, 5) is 12.1. The van der Waals surface area contributed by atoms with Gasteiger partial charge in [0.2, 0.25) is 0 Å². The summed E-state index contributed by atoms with van der Waals surface area (Å²) >= 11 is 0. The number of benzene rings is 2. The molecule has 2 aromatic carbocycles. The maximum absolute atomic E-state index is 13.2. The van der Waals surface area contributed by atoms with E-state index in [1.165, 1.54) is 18.2 Å². The number of tetrazole rings is 1. The van der Waals surface area contributed by atoms with Gasteiger partial charge in [0, 0.05) is 16.8 Å². The summed E-state index contributed by atoms with van der Waals surface area (Å²) in [6, 6.07) is 13.2. The molecule has 3 aromatic rings.